The zero-order valence-electron chi connectivity index (χ0n) is 21.2. The first-order valence-electron chi connectivity index (χ1n) is 13.3. The summed E-state index contributed by atoms with van der Waals surface area (Å²) in [6.45, 7) is 5.08. The van der Waals surface area contributed by atoms with Gasteiger partial charge in [0, 0.05) is 0 Å². The highest BCUT2D eigenvalue weighted by Gasteiger charge is 2.72. The third-order valence-corrected chi connectivity index (χ3v) is 7.71. The van der Waals surface area contributed by atoms with Gasteiger partial charge in [-0.1, -0.05) is 84.0 Å². The van der Waals surface area contributed by atoms with Crippen molar-refractivity contribution in [1.82, 2.24) is 0 Å². The molecule has 1 unspecified atom stereocenters. The first kappa shape index (κ1) is 29.7. The summed E-state index contributed by atoms with van der Waals surface area (Å²) in [5.74, 6) is -6.46. The van der Waals surface area contributed by atoms with Crippen LogP contribution in [0.5, 0.6) is 0 Å². The van der Waals surface area contributed by atoms with E-state index in [0.717, 1.165) is 32.1 Å². The lowest BCUT2D eigenvalue weighted by molar-refractivity contribution is -0.469. The summed E-state index contributed by atoms with van der Waals surface area (Å²) in [5.41, 5.74) is -2.60. The van der Waals surface area contributed by atoms with Crippen LogP contribution >= 0.6 is 0 Å². The first-order valence-corrected chi connectivity index (χ1v) is 13.3. The quantitative estimate of drug-likeness (QED) is 0.150. The van der Waals surface area contributed by atoms with E-state index in [0.29, 0.717) is 64.2 Å². The van der Waals surface area contributed by atoms with Gasteiger partial charge in [-0.2, -0.15) is 26.3 Å². The van der Waals surface area contributed by atoms with Gasteiger partial charge in [-0.3, -0.25) is 0 Å². The van der Waals surface area contributed by atoms with Crippen molar-refractivity contribution in [1.29, 1.82) is 0 Å². The third kappa shape index (κ3) is 8.01. The molecule has 2 aliphatic carbocycles. The highest BCUT2D eigenvalue weighted by molar-refractivity contribution is 4.98. The molecule has 1 atom stereocenters. The number of rotatable bonds is 12. The molecule has 34 heavy (non-hydrogen) atoms. The highest BCUT2D eigenvalue weighted by Crippen LogP contribution is 2.55. The molecule has 0 aromatic rings. The first-order chi connectivity index (χ1) is 15.8. The van der Waals surface area contributed by atoms with Crippen LogP contribution in [-0.2, 0) is 9.47 Å². The van der Waals surface area contributed by atoms with Crippen molar-refractivity contribution in [3.63, 3.8) is 0 Å². The van der Waals surface area contributed by atoms with Crippen LogP contribution in [-0.4, -0.2) is 29.3 Å². The minimum Gasteiger partial charge on any atom is -0.336 e. The van der Waals surface area contributed by atoms with Crippen LogP contribution in [0, 0.1) is 5.92 Å². The molecule has 2 aliphatic rings. The largest absolute Gasteiger partial charge is 0.443 e. The Labute approximate surface area is 201 Å². The number of hydrogen-bond donors (Lipinski definition) is 0. The van der Waals surface area contributed by atoms with Crippen LogP contribution in [0.4, 0.5) is 26.3 Å². The monoisotopic (exact) mass is 502 g/mol. The Bertz CT molecular complexity index is 563. The van der Waals surface area contributed by atoms with Crippen molar-refractivity contribution in [2.45, 2.75) is 159 Å². The molecule has 0 saturated heterocycles. The van der Waals surface area contributed by atoms with Crippen molar-refractivity contribution in [2.24, 2.45) is 5.92 Å². The second-order valence-corrected chi connectivity index (χ2v) is 11.0. The molecule has 2 saturated carbocycles. The van der Waals surface area contributed by atoms with E-state index in [1.807, 2.05) is 6.92 Å². The minimum atomic E-state index is -5.32. The molecule has 0 aromatic carbocycles. The van der Waals surface area contributed by atoms with E-state index >= 15 is 0 Å². The van der Waals surface area contributed by atoms with E-state index in [2.05, 4.69) is 0 Å². The van der Waals surface area contributed by atoms with Crippen LogP contribution < -0.4 is 0 Å². The molecule has 0 aromatic heterocycles. The molecular formula is C26H44F6O2. The van der Waals surface area contributed by atoms with Gasteiger partial charge in [0.15, 0.2) is 0 Å². The third-order valence-electron chi connectivity index (χ3n) is 7.71. The maximum Gasteiger partial charge on any atom is 0.443 e. The summed E-state index contributed by atoms with van der Waals surface area (Å²) in [6.07, 6.45) is -1.58. The number of halogens is 6. The van der Waals surface area contributed by atoms with Gasteiger partial charge in [0.1, 0.15) is 5.92 Å². The van der Waals surface area contributed by atoms with E-state index in [1.165, 1.54) is 13.8 Å². The van der Waals surface area contributed by atoms with E-state index < -0.39 is 41.7 Å². The van der Waals surface area contributed by atoms with Crippen molar-refractivity contribution in [2.75, 3.05) is 0 Å². The predicted octanol–water partition coefficient (Wildman–Crippen LogP) is 9.65. The Morgan fingerprint density at radius 2 is 1.06 bits per heavy atom. The maximum atomic E-state index is 14.9. The van der Waals surface area contributed by atoms with E-state index in [-0.39, 0.29) is 6.42 Å². The van der Waals surface area contributed by atoms with Crippen LogP contribution in [0.25, 0.3) is 0 Å². The molecule has 0 bridgehead atoms. The predicted molar refractivity (Wildman–Crippen MR) is 121 cm³/mol. The Morgan fingerprint density at radius 3 is 1.44 bits per heavy atom. The van der Waals surface area contributed by atoms with Crippen molar-refractivity contribution in [3.05, 3.63) is 0 Å². The smallest absolute Gasteiger partial charge is 0.336 e. The van der Waals surface area contributed by atoms with E-state index in [1.54, 1.807) is 0 Å². The fourth-order valence-electron chi connectivity index (χ4n) is 5.71. The molecule has 0 N–H and O–H groups in total. The Hall–Kier alpha value is -0.500. The SMILES string of the molecule is CCCCCCCCC(C(F)(F)F)C(OC1(C)CCCCC1)(OC1(C)CCCCC1)C(F)(F)F. The van der Waals surface area contributed by atoms with Gasteiger partial charge in [0.05, 0.1) is 11.2 Å². The standard InChI is InChI=1S/C26H44F6O2/c1-4-5-6-7-8-11-16-21(25(27,28)29)24(26(30,31)32,33-22(2)17-12-9-13-18-22)34-23(3)19-14-10-15-20-23/h21H,4-20H2,1-3H3. The maximum absolute atomic E-state index is 14.9. The van der Waals surface area contributed by atoms with Crippen LogP contribution in [0.2, 0.25) is 0 Å². The summed E-state index contributed by atoms with van der Waals surface area (Å²) in [4.78, 5) is 0. The van der Waals surface area contributed by atoms with Gasteiger partial charge in [-0.25, -0.2) is 0 Å². The lowest BCUT2D eigenvalue weighted by atomic mass is 9.82. The molecular weight excluding hydrogens is 458 g/mol. The summed E-state index contributed by atoms with van der Waals surface area (Å²) < 4.78 is 99.6. The average Bonchev–Trinajstić information content (AvgIpc) is 2.71. The zero-order valence-corrected chi connectivity index (χ0v) is 21.2. The van der Waals surface area contributed by atoms with Crippen LogP contribution in [0.15, 0.2) is 0 Å². The summed E-state index contributed by atoms with van der Waals surface area (Å²) in [7, 11) is 0. The molecule has 0 aliphatic heterocycles. The van der Waals surface area contributed by atoms with Gasteiger partial charge >= 0.3 is 12.4 Å². The van der Waals surface area contributed by atoms with Gasteiger partial charge < -0.3 is 9.47 Å². The average molecular weight is 503 g/mol. The highest BCUT2D eigenvalue weighted by atomic mass is 19.4. The fraction of sp³-hybridized carbons (Fsp3) is 1.00. The number of hydrogen-bond acceptors (Lipinski definition) is 2. The van der Waals surface area contributed by atoms with E-state index in [4.69, 9.17) is 9.47 Å². The van der Waals surface area contributed by atoms with Crippen molar-refractivity contribution < 1.29 is 35.8 Å². The second-order valence-electron chi connectivity index (χ2n) is 11.0. The summed E-state index contributed by atoms with van der Waals surface area (Å²) >= 11 is 0. The lowest BCUT2D eigenvalue weighted by Crippen LogP contribution is -2.65. The topological polar surface area (TPSA) is 18.5 Å². The van der Waals surface area contributed by atoms with E-state index in [9.17, 15) is 26.3 Å². The van der Waals surface area contributed by atoms with Gasteiger partial charge in [-0.05, 0) is 46.0 Å². The normalized spacial score (nSPS) is 22.5. The minimum absolute atomic E-state index is 0.0614. The van der Waals surface area contributed by atoms with Crippen LogP contribution in [0.1, 0.15) is 130 Å². The number of unbranched alkanes of at least 4 members (excludes halogenated alkanes) is 5. The molecule has 0 amide bonds. The number of ether oxygens (including phenoxy) is 2. The van der Waals surface area contributed by atoms with Gasteiger partial charge in [-0.15, -0.1) is 0 Å². The van der Waals surface area contributed by atoms with Crippen LogP contribution in [0.3, 0.4) is 0 Å². The van der Waals surface area contributed by atoms with Crippen molar-refractivity contribution in [3.8, 4) is 0 Å². The molecule has 8 heteroatoms. The number of alkyl halides is 6. The zero-order chi connectivity index (χ0) is 25.5. The molecule has 2 fully saturated rings. The van der Waals surface area contributed by atoms with Gasteiger partial charge in [0.25, 0.3) is 5.79 Å². The fourth-order valence-corrected chi connectivity index (χ4v) is 5.71. The van der Waals surface area contributed by atoms with Crippen molar-refractivity contribution >= 4 is 0 Å². The molecule has 2 rings (SSSR count). The Balaban J connectivity index is 2.44. The Morgan fingerprint density at radius 1 is 0.647 bits per heavy atom. The lowest BCUT2D eigenvalue weighted by Gasteiger charge is -2.52. The summed E-state index contributed by atoms with van der Waals surface area (Å²) in [5, 5.41) is 0. The molecule has 202 valence electrons. The molecule has 0 spiro atoms. The Kier molecular flexibility index (Phi) is 10.6. The second kappa shape index (κ2) is 12.2. The molecule has 0 heterocycles. The molecule has 0 radical (unpaired) electrons. The molecule has 2 nitrogen and oxygen atoms in total. The summed E-state index contributed by atoms with van der Waals surface area (Å²) in [6, 6.07) is 0. The van der Waals surface area contributed by atoms with Gasteiger partial charge in [0.2, 0.25) is 0 Å².